The number of ketones is 1. The Balaban J connectivity index is 2.42. The van der Waals surface area contributed by atoms with Crippen molar-refractivity contribution < 1.29 is 29.0 Å². The minimum Gasteiger partial charge on any atom is -0.480 e. The van der Waals surface area contributed by atoms with E-state index in [0.717, 1.165) is 0 Å². The first-order valence-electron chi connectivity index (χ1n) is 4.23. The third-order valence-corrected chi connectivity index (χ3v) is 3.22. The molecule has 15 heavy (non-hydrogen) atoms. The van der Waals surface area contributed by atoms with Gasteiger partial charge >= 0.3 is 11.9 Å². The second-order valence-electron chi connectivity index (χ2n) is 4.02. The Hall–Kier alpha value is -1.50. The van der Waals surface area contributed by atoms with Gasteiger partial charge < -0.3 is 15.9 Å². The highest BCUT2D eigenvalue weighted by Crippen LogP contribution is 2.64. The lowest BCUT2D eigenvalue weighted by atomic mass is 9.90. The number of hydrogen-bond donors (Lipinski definition) is 3. The molecule has 2 rings (SSSR count). The summed E-state index contributed by atoms with van der Waals surface area (Å²) in [5, 5.41) is 17.3. The van der Waals surface area contributed by atoms with Crippen molar-refractivity contribution in [2.75, 3.05) is 0 Å². The van der Waals surface area contributed by atoms with Gasteiger partial charge in [-0.3, -0.25) is 9.59 Å². The van der Waals surface area contributed by atoms with Gasteiger partial charge in [-0.25, -0.2) is 9.18 Å². The molecule has 2 aliphatic rings. The van der Waals surface area contributed by atoms with Crippen LogP contribution in [-0.2, 0) is 14.4 Å². The standard InChI is InChI=1S/C8H8FNO5/c9-8(6(14)15)3-2(11)1-7(10,4(3)8)5(12)13/h3-4H,1,10H2,(H,12,13)(H,14,15)/t3-,4-,7+,8-/m0/s1. The fourth-order valence-corrected chi connectivity index (χ4v) is 2.43. The Labute approximate surface area is 82.9 Å². The number of Topliss-reactive ketones (excluding diaryl/α,β-unsaturated/α-hetero) is 1. The smallest absolute Gasteiger partial charge is 0.342 e. The van der Waals surface area contributed by atoms with E-state index in [-0.39, 0.29) is 0 Å². The zero-order chi connectivity index (χ0) is 11.6. The van der Waals surface area contributed by atoms with Crippen molar-refractivity contribution in [3.63, 3.8) is 0 Å². The molecule has 7 heteroatoms. The minimum absolute atomic E-state index is 0.503. The van der Waals surface area contributed by atoms with Gasteiger partial charge in [0.2, 0.25) is 5.67 Å². The maximum atomic E-state index is 13.7. The van der Waals surface area contributed by atoms with Crippen LogP contribution in [0.2, 0.25) is 0 Å². The van der Waals surface area contributed by atoms with Crippen molar-refractivity contribution in [3.8, 4) is 0 Å². The summed E-state index contributed by atoms with van der Waals surface area (Å²) in [6, 6.07) is 0. The van der Waals surface area contributed by atoms with Crippen molar-refractivity contribution in [3.05, 3.63) is 0 Å². The zero-order valence-corrected chi connectivity index (χ0v) is 7.44. The van der Waals surface area contributed by atoms with Gasteiger partial charge in [-0.05, 0) is 0 Å². The predicted molar refractivity (Wildman–Crippen MR) is 42.6 cm³/mol. The number of rotatable bonds is 2. The molecule has 0 saturated heterocycles. The number of carboxylic acids is 2. The fraction of sp³-hybridized carbons (Fsp3) is 0.625. The summed E-state index contributed by atoms with van der Waals surface area (Å²) in [4.78, 5) is 32.6. The number of halogens is 1. The van der Waals surface area contributed by atoms with Crippen LogP contribution in [0.15, 0.2) is 0 Å². The second kappa shape index (κ2) is 2.35. The minimum atomic E-state index is -2.79. The molecule has 2 aliphatic carbocycles. The van der Waals surface area contributed by atoms with E-state index in [4.69, 9.17) is 15.9 Å². The largest absolute Gasteiger partial charge is 0.480 e. The number of hydrogen-bond acceptors (Lipinski definition) is 4. The maximum Gasteiger partial charge on any atom is 0.342 e. The predicted octanol–water partition coefficient (Wildman–Crippen LogP) is -1.22. The number of aliphatic carboxylic acids is 2. The van der Waals surface area contributed by atoms with Crippen LogP contribution in [0.5, 0.6) is 0 Å². The van der Waals surface area contributed by atoms with Gasteiger partial charge in [0.05, 0.1) is 5.92 Å². The first-order valence-corrected chi connectivity index (χ1v) is 4.23. The fourth-order valence-electron chi connectivity index (χ4n) is 2.43. The number of carboxylic acid groups (broad SMARTS) is 2. The van der Waals surface area contributed by atoms with Gasteiger partial charge in [-0.1, -0.05) is 0 Å². The lowest BCUT2D eigenvalue weighted by molar-refractivity contribution is -0.151. The zero-order valence-electron chi connectivity index (χ0n) is 7.44. The molecule has 0 heterocycles. The molecule has 0 aromatic rings. The van der Waals surface area contributed by atoms with Gasteiger partial charge in [0.1, 0.15) is 11.3 Å². The highest BCUT2D eigenvalue weighted by molar-refractivity contribution is 6.06. The molecule has 2 fully saturated rings. The normalized spacial score (nSPS) is 47.5. The van der Waals surface area contributed by atoms with Gasteiger partial charge in [0.15, 0.2) is 0 Å². The third-order valence-electron chi connectivity index (χ3n) is 3.22. The lowest BCUT2D eigenvalue weighted by Crippen LogP contribution is -2.52. The van der Waals surface area contributed by atoms with Crippen LogP contribution in [-0.4, -0.2) is 39.1 Å². The molecule has 0 aromatic carbocycles. The van der Waals surface area contributed by atoms with E-state index >= 15 is 0 Å². The Morgan fingerprint density at radius 1 is 1.40 bits per heavy atom. The summed E-state index contributed by atoms with van der Waals surface area (Å²) in [5.74, 6) is -6.91. The van der Waals surface area contributed by atoms with Crippen LogP contribution >= 0.6 is 0 Å². The van der Waals surface area contributed by atoms with E-state index in [1.54, 1.807) is 0 Å². The van der Waals surface area contributed by atoms with E-state index in [1.165, 1.54) is 0 Å². The summed E-state index contributed by atoms with van der Waals surface area (Å²) in [5.41, 5.74) is 0.503. The quantitative estimate of drug-likeness (QED) is 0.533. The van der Waals surface area contributed by atoms with E-state index < -0.39 is 47.2 Å². The molecular weight excluding hydrogens is 209 g/mol. The average Bonchev–Trinajstić information content (AvgIpc) is 2.63. The Kier molecular flexibility index (Phi) is 1.57. The summed E-state index contributed by atoms with van der Waals surface area (Å²) >= 11 is 0. The van der Waals surface area contributed by atoms with E-state index in [1.807, 2.05) is 0 Å². The van der Waals surface area contributed by atoms with E-state index in [9.17, 15) is 18.8 Å². The molecule has 0 radical (unpaired) electrons. The van der Waals surface area contributed by atoms with Gasteiger partial charge in [0, 0.05) is 12.3 Å². The van der Waals surface area contributed by atoms with Crippen LogP contribution in [0.3, 0.4) is 0 Å². The molecular formula is C8H8FNO5. The average molecular weight is 217 g/mol. The van der Waals surface area contributed by atoms with Crippen molar-refractivity contribution in [1.29, 1.82) is 0 Å². The molecule has 0 spiro atoms. The number of nitrogens with two attached hydrogens (primary N) is 1. The van der Waals surface area contributed by atoms with Crippen molar-refractivity contribution in [2.24, 2.45) is 17.6 Å². The van der Waals surface area contributed by atoms with Crippen LogP contribution < -0.4 is 5.73 Å². The topological polar surface area (TPSA) is 118 Å². The lowest BCUT2D eigenvalue weighted by Gasteiger charge is -2.21. The monoisotopic (exact) mass is 217 g/mol. The van der Waals surface area contributed by atoms with Gasteiger partial charge in [0.25, 0.3) is 0 Å². The Bertz CT molecular complexity index is 396. The van der Waals surface area contributed by atoms with Crippen molar-refractivity contribution in [2.45, 2.75) is 17.6 Å². The molecule has 0 bridgehead atoms. The first kappa shape index (κ1) is 10.0. The molecule has 4 N–H and O–H groups in total. The highest BCUT2D eigenvalue weighted by atomic mass is 19.1. The molecule has 0 unspecified atom stereocenters. The van der Waals surface area contributed by atoms with Crippen LogP contribution in [0.4, 0.5) is 4.39 Å². The maximum absolute atomic E-state index is 13.7. The van der Waals surface area contributed by atoms with E-state index in [0.29, 0.717) is 0 Å². The Morgan fingerprint density at radius 2 is 1.93 bits per heavy atom. The van der Waals surface area contributed by atoms with Crippen LogP contribution in [0.25, 0.3) is 0 Å². The second-order valence-corrected chi connectivity index (χ2v) is 4.02. The molecule has 0 aliphatic heterocycles. The van der Waals surface area contributed by atoms with Gasteiger partial charge in [-0.15, -0.1) is 0 Å². The summed E-state index contributed by atoms with van der Waals surface area (Å²) < 4.78 is 13.7. The van der Waals surface area contributed by atoms with Crippen molar-refractivity contribution in [1.82, 2.24) is 0 Å². The number of alkyl halides is 1. The highest BCUT2D eigenvalue weighted by Gasteiger charge is 2.85. The molecule has 82 valence electrons. The van der Waals surface area contributed by atoms with Crippen LogP contribution in [0.1, 0.15) is 6.42 Å². The first-order chi connectivity index (χ1) is 6.76. The van der Waals surface area contributed by atoms with E-state index in [2.05, 4.69) is 0 Å². The Morgan fingerprint density at radius 3 is 2.27 bits per heavy atom. The van der Waals surface area contributed by atoms with Crippen molar-refractivity contribution >= 4 is 17.7 Å². The van der Waals surface area contributed by atoms with Gasteiger partial charge in [-0.2, -0.15) is 0 Å². The summed E-state index contributed by atoms with van der Waals surface area (Å²) in [6.45, 7) is 0. The number of carbonyl (C=O) groups excluding carboxylic acids is 1. The van der Waals surface area contributed by atoms with Crippen LogP contribution in [0, 0.1) is 11.8 Å². The molecule has 2 saturated carbocycles. The number of carbonyl (C=O) groups is 3. The molecule has 0 aromatic heterocycles. The number of fused-ring (bicyclic) bond motifs is 1. The summed E-state index contributed by atoms with van der Waals surface area (Å²) in [7, 11) is 0. The summed E-state index contributed by atoms with van der Waals surface area (Å²) in [6.07, 6.45) is -0.503. The molecule has 4 atom stereocenters. The SMILES string of the molecule is N[C@]1(C(=O)O)CC(=O)[C@H]2[C@@H]1[C@]2(F)C(=O)O. The third kappa shape index (κ3) is 0.883. The molecule has 6 nitrogen and oxygen atoms in total. The molecule has 0 amide bonds.